The minimum atomic E-state index is -4.60. The minimum absolute atomic E-state index is 0.0199. The predicted molar refractivity (Wildman–Crippen MR) is 59.3 cm³/mol. The second-order valence-electron chi connectivity index (χ2n) is 3.66. The number of hydrogen-bond acceptors (Lipinski definition) is 1. The molecule has 2 aromatic rings. The fraction of sp³-hybridized carbons (Fsp3) is 0.182. The molecule has 1 aromatic heterocycles. The van der Waals surface area contributed by atoms with Gasteiger partial charge in [-0.15, -0.1) is 0 Å². The zero-order valence-corrected chi connectivity index (χ0v) is 9.41. The Balaban J connectivity index is 2.92. The van der Waals surface area contributed by atoms with Crippen molar-refractivity contribution in [3.05, 3.63) is 44.7 Å². The number of halogens is 4. The number of alkyl halides is 3. The molecule has 0 spiro atoms. The quantitative estimate of drug-likeness (QED) is 0.773. The number of fused-ring (bicyclic) bond motifs is 1. The monoisotopic (exact) mass is 261 g/mol. The first kappa shape index (κ1) is 12.0. The average Bonchev–Trinajstić information content (AvgIpc) is 2.21. The van der Waals surface area contributed by atoms with E-state index in [4.69, 9.17) is 11.6 Å². The molecule has 0 fully saturated rings. The molecule has 17 heavy (non-hydrogen) atoms. The predicted octanol–water partition coefficient (Wildman–Crippen LogP) is 3.51. The van der Waals surface area contributed by atoms with Crippen molar-refractivity contribution in [2.45, 2.75) is 13.1 Å². The van der Waals surface area contributed by atoms with Gasteiger partial charge in [-0.3, -0.25) is 4.79 Å². The van der Waals surface area contributed by atoms with Crippen LogP contribution < -0.4 is 5.43 Å². The number of aryl methyl sites for hydroxylation is 1. The van der Waals surface area contributed by atoms with Gasteiger partial charge in [-0.1, -0.05) is 17.7 Å². The van der Waals surface area contributed by atoms with E-state index in [2.05, 4.69) is 4.98 Å². The van der Waals surface area contributed by atoms with Crippen molar-refractivity contribution in [1.29, 1.82) is 0 Å². The van der Waals surface area contributed by atoms with E-state index < -0.39 is 17.3 Å². The third-order valence-corrected chi connectivity index (χ3v) is 2.76. The largest absolute Gasteiger partial charge is 0.431 e. The Labute approximate surface area is 99.0 Å². The number of aromatic amines is 1. The molecule has 0 atom stereocenters. The van der Waals surface area contributed by atoms with Gasteiger partial charge in [0.25, 0.3) is 0 Å². The van der Waals surface area contributed by atoms with E-state index >= 15 is 0 Å². The van der Waals surface area contributed by atoms with Crippen LogP contribution >= 0.6 is 11.6 Å². The van der Waals surface area contributed by atoms with Crippen LogP contribution in [0.4, 0.5) is 13.2 Å². The summed E-state index contributed by atoms with van der Waals surface area (Å²) in [5.41, 5.74) is -1.18. The topological polar surface area (TPSA) is 32.9 Å². The number of pyridine rings is 1. The van der Waals surface area contributed by atoms with Gasteiger partial charge in [0.05, 0.1) is 10.5 Å². The third-order valence-electron chi connectivity index (χ3n) is 2.45. The van der Waals surface area contributed by atoms with Gasteiger partial charge in [-0.05, 0) is 18.6 Å². The SMILES string of the molecule is Cc1ccc(Cl)c2[nH]c(C(F)(F)F)cc(=O)c12. The Morgan fingerprint density at radius 3 is 2.53 bits per heavy atom. The van der Waals surface area contributed by atoms with Gasteiger partial charge in [0.15, 0.2) is 5.43 Å². The number of aromatic nitrogens is 1. The van der Waals surface area contributed by atoms with Crippen LogP contribution in [0.2, 0.25) is 5.02 Å². The first-order valence-corrected chi connectivity index (χ1v) is 5.08. The van der Waals surface area contributed by atoms with E-state index in [1.807, 2.05) is 0 Å². The van der Waals surface area contributed by atoms with Crippen molar-refractivity contribution in [3.8, 4) is 0 Å². The van der Waals surface area contributed by atoms with Crippen LogP contribution in [-0.4, -0.2) is 4.98 Å². The first-order valence-electron chi connectivity index (χ1n) is 4.70. The van der Waals surface area contributed by atoms with Gasteiger partial charge in [0.2, 0.25) is 0 Å². The fourth-order valence-electron chi connectivity index (χ4n) is 1.65. The molecule has 0 aliphatic heterocycles. The molecule has 0 radical (unpaired) electrons. The highest BCUT2D eigenvalue weighted by atomic mass is 35.5. The summed E-state index contributed by atoms with van der Waals surface area (Å²) in [6.45, 7) is 1.64. The van der Waals surface area contributed by atoms with E-state index in [0.717, 1.165) is 0 Å². The van der Waals surface area contributed by atoms with Gasteiger partial charge in [-0.25, -0.2) is 0 Å². The van der Waals surface area contributed by atoms with Crippen molar-refractivity contribution >= 4 is 22.5 Å². The Morgan fingerprint density at radius 1 is 1.29 bits per heavy atom. The summed E-state index contributed by atoms with van der Waals surface area (Å²) < 4.78 is 37.5. The Bertz CT molecular complexity index is 645. The summed E-state index contributed by atoms with van der Waals surface area (Å²) in [7, 11) is 0. The number of H-pyrrole nitrogens is 1. The molecule has 0 aliphatic rings. The van der Waals surface area contributed by atoms with Crippen LogP contribution in [0.15, 0.2) is 23.0 Å². The number of rotatable bonds is 0. The number of hydrogen-bond donors (Lipinski definition) is 1. The number of nitrogens with one attached hydrogen (secondary N) is 1. The molecule has 90 valence electrons. The molecule has 2 nitrogen and oxygen atoms in total. The lowest BCUT2D eigenvalue weighted by atomic mass is 10.1. The lowest BCUT2D eigenvalue weighted by Gasteiger charge is -2.09. The van der Waals surface area contributed by atoms with Gasteiger partial charge in [-0.2, -0.15) is 13.2 Å². The maximum Gasteiger partial charge on any atom is 0.431 e. The summed E-state index contributed by atoms with van der Waals surface area (Å²) in [4.78, 5) is 13.8. The van der Waals surface area contributed by atoms with Crippen LogP contribution in [0.3, 0.4) is 0 Å². The Morgan fingerprint density at radius 2 is 1.94 bits per heavy atom. The molecule has 1 heterocycles. The van der Waals surface area contributed by atoms with E-state index in [0.29, 0.717) is 11.6 Å². The summed E-state index contributed by atoms with van der Waals surface area (Å²) >= 11 is 5.79. The highest BCUT2D eigenvalue weighted by Crippen LogP contribution is 2.30. The zero-order chi connectivity index (χ0) is 12.8. The van der Waals surface area contributed by atoms with Crippen molar-refractivity contribution in [1.82, 2.24) is 4.98 Å². The maximum atomic E-state index is 12.5. The molecule has 1 N–H and O–H groups in total. The summed E-state index contributed by atoms with van der Waals surface area (Å²) in [6, 6.07) is 3.59. The van der Waals surface area contributed by atoms with Gasteiger partial charge < -0.3 is 4.98 Å². The van der Waals surface area contributed by atoms with E-state index in [1.54, 1.807) is 13.0 Å². The summed E-state index contributed by atoms with van der Waals surface area (Å²) in [6.07, 6.45) is -4.60. The van der Waals surface area contributed by atoms with Crippen LogP contribution in [0.1, 0.15) is 11.3 Å². The normalized spacial score (nSPS) is 12.1. The molecule has 0 amide bonds. The molecule has 2 rings (SSSR count). The molecule has 0 saturated heterocycles. The fourth-order valence-corrected chi connectivity index (χ4v) is 1.85. The van der Waals surface area contributed by atoms with E-state index in [-0.39, 0.29) is 15.9 Å². The Hall–Kier alpha value is -1.49. The second kappa shape index (κ2) is 3.77. The lowest BCUT2D eigenvalue weighted by molar-refractivity contribution is -0.141. The van der Waals surface area contributed by atoms with Crippen molar-refractivity contribution < 1.29 is 13.2 Å². The lowest BCUT2D eigenvalue weighted by Crippen LogP contribution is -2.14. The van der Waals surface area contributed by atoms with Gasteiger partial charge in [0.1, 0.15) is 5.69 Å². The molecule has 0 aliphatic carbocycles. The van der Waals surface area contributed by atoms with E-state index in [9.17, 15) is 18.0 Å². The second-order valence-corrected chi connectivity index (χ2v) is 4.07. The van der Waals surface area contributed by atoms with Crippen LogP contribution in [0.5, 0.6) is 0 Å². The number of benzene rings is 1. The van der Waals surface area contributed by atoms with Crippen molar-refractivity contribution in [2.75, 3.05) is 0 Å². The first-order chi connectivity index (χ1) is 7.80. The van der Waals surface area contributed by atoms with Crippen LogP contribution in [-0.2, 0) is 6.18 Å². The zero-order valence-electron chi connectivity index (χ0n) is 8.65. The molecular weight excluding hydrogens is 255 g/mol. The minimum Gasteiger partial charge on any atom is -0.350 e. The molecule has 6 heteroatoms. The molecule has 0 bridgehead atoms. The summed E-state index contributed by atoms with van der Waals surface area (Å²) in [5, 5.41) is 0.277. The third kappa shape index (κ3) is 2.02. The molecule has 0 saturated carbocycles. The average molecular weight is 262 g/mol. The smallest absolute Gasteiger partial charge is 0.350 e. The highest BCUT2D eigenvalue weighted by molar-refractivity contribution is 6.35. The van der Waals surface area contributed by atoms with Crippen LogP contribution in [0, 0.1) is 6.92 Å². The van der Waals surface area contributed by atoms with Gasteiger partial charge in [0, 0.05) is 11.5 Å². The molecule has 1 aromatic carbocycles. The van der Waals surface area contributed by atoms with Crippen molar-refractivity contribution in [3.63, 3.8) is 0 Å². The Kier molecular flexibility index (Phi) is 2.66. The van der Waals surface area contributed by atoms with Crippen LogP contribution in [0.25, 0.3) is 10.9 Å². The van der Waals surface area contributed by atoms with E-state index in [1.165, 1.54) is 6.07 Å². The highest BCUT2D eigenvalue weighted by Gasteiger charge is 2.32. The van der Waals surface area contributed by atoms with Gasteiger partial charge >= 0.3 is 6.18 Å². The standard InChI is InChI=1S/C11H7ClF3NO/c1-5-2-3-6(12)10-9(5)7(17)4-8(16-10)11(13,14)15/h2-4H,1H3,(H,16,17). The van der Waals surface area contributed by atoms with Crippen molar-refractivity contribution in [2.24, 2.45) is 0 Å². The maximum absolute atomic E-state index is 12.5. The molecule has 0 unspecified atom stereocenters. The molecular formula is C11H7ClF3NO. The summed E-state index contributed by atoms with van der Waals surface area (Å²) in [5.74, 6) is 0.